The Hall–Kier alpha value is -3.23. The van der Waals surface area contributed by atoms with Crippen LogP contribution in [0.4, 0.5) is 10.5 Å². The normalized spacial score (nSPS) is 12.5. The van der Waals surface area contributed by atoms with Crippen molar-refractivity contribution in [2.75, 3.05) is 33.0 Å². The molecule has 0 saturated carbocycles. The molecule has 0 radical (unpaired) electrons. The highest BCUT2D eigenvalue weighted by Gasteiger charge is 2.15. The number of carbonyl (C=O) groups excluding carboxylic acids is 1. The van der Waals surface area contributed by atoms with Gasteiger partial charge < -0.3 is 18.9 Å². The number of nitro groups is 1. The second-order valence-electron chi connectivity index (χ2n) is 14.6. The van der Waals surface area contributed by atoms with Gasteiger partial charge in [0.05, 0.1) is 18.1 Å². The minimum atomic E-state index is -0.853. The van der Waals surface area contributed by atoms with Crippen LogP contribution in [-0.2, 0) is 14.2 Å². The van der Waals surface area contributed by atoms with Gasteiger partial charge in [0.2, 0.25) is 0 Å². The number of carbonyl (C=O) groups is 1. The lowest BCUT2D eigenvalue weighted by Crippen LogP contribution is -2.25. The van der Waals surface area contributed by atoms with Crippen molar-refractivity contribution in [1.29, 1.82) is 0 Å². The summed E-state index contributed by atoms with van der Waals surface area (Å²) >= 11 is 0. The van der Waals surface area contributed by atoms with Crippen LogP contribution in [0, 0.1) is 16.0 Å². The molecule has 0 saturated heterocycles. The first-order valence-corrected chi connectivity index (χ1v) is 21.9. The molecule has 0 spiro atoms. The summed E-state index contributed by atoms with van der Waals surface area (Å²) in [4.78, 5) is 22.7. The van der Waals surface area contributed by atoms with Crippen LogP contribution in [0.2, 0.25) is 0 Å². The lowest BCUT2D eigenvalue weighted by molar-refractivity contribution is -0.384. The fourth-order valence-corrected chi connectivity index (χ4v) is 5.98. The Morgan fingerprint density at radius 3 is 1.38 bits per heavy atom. The van der Waals surface area contributed by atoms with Crippen LogP contribution < -0.4 is 4.74 Å². The maximum atomic E-state index is 12.3. The number of nitrogens with zero attached hydrogens (tertiary/aromatic N) is 1. The molecule has 0 amide bonds. The number of hydrogen-bond donors (Lipinski definition) is 0. The van der Waals surface area contributed by atoms with E-state index >= 15 is 0 Å². The number of nitro benzene ring substituents is 1. The quantitative estimate of drug-likeness (QED) is 0.0165. The molecule has 8 nitrogen and oxygen atoms in total. The number of rotatable bonds is 38. The molecule has 8 heteroatoms. The van der Waals surface area contributed by atoms with E-state index in [0.717, 1.165) is 51.4 Å². The van der Waals surface area contributed by atoms with Crippen LogP contribution in [0.3, 0.4) is 0 Å². The van der Waals surface area contributed by atoms with Crippen molar-refractivity contribution in [3.63, 3.8) is 0 Å². The number of benzene rings is 1. The number of hydrogen-bond acceptors (Lipinski definition) is 7. The van der Waals surface area contributed by atoms with Crippen molar-refractivity contribution in [3.05, 3.63) is 83.0 Å². The third kappa shape index (κ3) is 33.8. The van der Waals surface area contributed by atoms with Crippen LogP contribution in [-0.4, -0.2) is 44.1 Å². The van der Waals surface area contributed by atoms with E-state index in [1.54, 1.807) is 0 Å². The van der Waals surface area contributed by atoms with Gasteiger partial charge in [-0.3, -0.25) is 10.1 Å². The van der Waals surface area contributed by atoms with E-state index in [9.17, 15) is 14.9 Å². The van der Waals surface area contributed by atoms with Gasteiger partial charge in [-0.05, 0) is 89.2 Å². The van der Waals surface area contributed by atoms with Gasteiger partial charge in [-0.1, -0.05) is 140 Å². The van der Waals surface area contributed by atoms with E-state index < -0.39 is 11.1 Å². The van der Waals surface area contributed by atoms with Crippen LogP contribution >= 0.6 is 0 Å². The molecule has 0 heterocycles. The lowest BCUT2D eigenvalue weighted by Gasteiger charge is -2.17. The zero-order valence-corrected chi connectivity index (χ0v) is 34.8. The molecule has 0 aliphatic heterocycles. The molecule has 0 bridgehead atoms. The fourth-order valence-electron chi connectivity index (χ4n) is 5.98. The van der Waals surface area contributed by atoms with E-state index in [-0.39, 0.29) is 24.0 Å². The van der Waals surface area contributed by atoms with E-state index in [2.05, 4.69) is 62.5 Å². The standard InChI is InChI=1S/C47H77NO7/c1-3-5-7-9-11-13-15-17-19-21-23-25-27-29-31-33-39-52-41-44(43-54-47(49)55-46-37-35-45(36-38-46)48(50)51)42-53-40-34-32-30-28-26-24-22-20-18-16-14-12-10-8-6-4-2/h11-14,17-20,35-38,44H,3-10,15-16,21-34,39-43H2,1-2H3. The minimum absolute atomic E-state index is 0.0743. The van der Waals surface area contributed by atoms with E-state index in [1.165, 1.54) is 127 Å². The molecule has 0 aromatic heterocycles. The smallest absolute Gasteiger partial charge is 0.434 e. The van der Waals surface area contributed by atoms with Gasteiger partial charge in [0.1, 0.15) is 12.4 Å². The molecule has 312 valence electrons. The fraction of sp³-hybridized carbons (Fsp3) is 0.681. The van der Waals surface area contributed by atoms with Gasteiger partial charge in [-0.15, -0.1) is 0 Å². The highest BCUT2D eigenvalue weighted by Crippen LogP contribution is 2.18. The summed E-state index contributed by atoms with van der Waals surface area (Å²) in [5, 5.41) is 10.9. The predicted molar refractivity (Wildman–Crippen MR) is 229 cm³/mol. The Kier molecular flexibility index (Phi) is 35.3. The van der Waals surface area contributed by atoms with Gasteiger partial charge in [-0.2, -0.15) is 0 Å². The summed E-state index contributed by atoms with van der Waals surface area (Å²) in [6.45, 7) is 6.82. The molecule has 55 heavy (non-hydrogen) atoms. The predicted octanol–water partition coefficient (Wildman–Crippen LogP) is 14.4. The molecule has 0 atom stereocenters. The highest BCUT2D eigenvalue weighted by atomic mass is 16.7. The largest absolute Gasteiger partial charge is 0.513 e. The van der Waals surface area contributed by atoms with Crippen LogP contribution in [0.15, 0.2) is 72.9 Å². The Morgan fingerprint density at radius 2 is 0.964 bits per heavy atom. The molecule has 1 aromatic rings. The summed E-state index contributed by atoms with van der Waals surface area (Å²) in [5.74, 6) is 0.0769. The maximum absolute atomic E-state index is 12.3. The maximum Gasteiger partial charge on any atom is 0.513 e. The second-order valence-corrected chi connectivity index (χ2v) is 14.6. The van der Waals surface area contributed by atoms with Crippen molar-refractivity contribution in [2.45, 2.75) is 168 Å². The number of ether oxygens (including phenoxy) is 4. The van der Waals surface area contributed by atoms with Crippen LogP contribution in [0.25, 0.3) is 0 Å². The van der Waals surface area contributed by atoms with E-state index in [4.69, 9.17) is 18.9 Å². The lowest BCUT2D eigenvalue weighted by atomic mass is 10.1. The summed E-state index contributed by atoms with van der Waals surface area (Å²) in [5.41, 5.74) is -0.0743. The van der Waals surface area contributed by atoms with Gasteiger partial charge in [-0.25, -0.2) is 4.79 Å². The monoisotopic (exact) mass is 768 g/mol. The van der Waals surface area contributed by atoms with E-state index in [0.29, 0.717) is 26.4 Å². The van der Waals surface area contributed by atoms with Gasteiger partial charge >= 0.3 is 6.16 Å². The summed E-state index contributed by atoms with van der Waals surface area (Å²) in [6, 6.07) is 5.33. The molecule has 0 N–H and O–H groups in total. The first-order valence-electron chi connectivity index (χ1n) is 21.9. The zero-order valence-electron chi connectivity index (χ0n) is 34.8. The first kappa shape index (κ1) is 49.8. The van der Waals surface area contributed by atoms with Gasteiger partial charge in [0.25, 0.3) is 5.69 Å². The van der Waals surface area contributed by atoms with Gasteiger partial charge in [0, 0.05) is 31.3 Å². The molecule has 0 aliphatic rings. The summed E-state index contributed by atoms with van der Waals surface area (Å²) < 4.78 is 22.6. The number of non-ortho nitro benzene ring substituents is 1. The Balaban J connectivity index is 2.23. The van der Waals surface area contributed by atoms with Crippen molar-refractivity contribution in [3.8, 4) is 5.75 Å². The average Bonchev–Trinajstić information content (AvgIpc) is 3.18. The van der Waals surface area contributed by atoms with Crippen molar-refractivity contribution < 1.29 is 28.7 Å². The molecule has 0 aliphatic carbocycles. The van der Waals surface area contributed by atoms with Crippen LogP contribution in [0.5, 0.6) is 5.75 Å². The average molecular weight is 768 g/mol. The SMILES string of the molecule is CCCCCC=CCC=CCCCCCCCCOCC(COCCCCCCCCC=CCC=CCCCCC)COC(=O)Oc1ccc([N+](=O)[O-])cc1. The molecular formula is C47H77NO7. The second kappa shape index (κ2) is 39.0. The third-order valence-corrected chi connectivity index (χ3v) is 9.37. The number of unbranched alkanes of at least 4 members (excludes halogenated alkanes) is 18. The third-order valence-electron chi connectivity index (χ3n) is 9.37. The first-order chi connectivity index (χ1) is 27.1. The van der Waals surface area contributed by atoms with Crippen molar-refractivity contribution in [1.82, 2.24) is 0 Å². The highest BCUT2D eigenvalue weighted by molar-refractivity contribution is 5.64. The molecule has 1 rings (SSSR count). The van der Waals surface area contributed by atoms with Crippen molar-refractivity contribution >= 4 is 11.8 Å². The molecule has 1 aromatic carbocycles. The summed E-state index contributed by atoms with van der Waals surface area (Å²) in [7, 11) is 0. The zero-order chi connectivity index (χ0) is 39.7. The Bertz CT molecular complexity index is 1090. The molecular weight excluding hydrogens is 691 g/mol. The van der Waals surface area contributed by atoms with Crippen molar-refractivity contribution in [2.24, 2.45) is 5.92 Å². The molecule has 0 unspecified atom stereocenters. The Labute approximate surface area is 335 Å². The minimum Gasteiger partial charge on any atom is -0.434 e. The molecule has 0 fully saturated rings. The van der Waals surface area contributed by atoms with E-state index in [1.807, 2.05) is 0 Å². The summed E-state index contributed by atoms with van der Waals surface area (Å²) in [6.07, 6.45) is 46.5. The van der Waals surface area contributed by atoms with Gasteiger partial charge in [0.15, 0.2) is 0 Å². The topological polar surface area (TPSA) is 97.1 Å². The van der Waals surface area contributed by atoms with Crippen LogP contribution in [0.1, 0.15) is 168 Å². The number of allylic oxidation sites excluding steroid dienone is 8. The Morgan fingerprint density at radius 1 is 0.564 bits per heavy atom.